The zero-order valence-corrected chi connectivity index (χ0v) is 11.3. The van der Waals surface area contributed by atoms with Crippen LogP contribution in [-0.4, -0.2) is 17.7 Å². The van der Waals surface area contributed by atoms with Crippen molar-refractivity contribution in [3.8, 4) is 5.75 Å². The van der Waals surface area contributed by atoms with E-state index in [-0.39, 0.29) is 12.6 Å². The van der Waals surface area contributed by atoms with Crippen LogP contribution in [0, 0.1) is 5.92 Å². The topological polar surface area (TPSA) is 46.5 Å². The lowest BCUT2D eigenvalue weighted by atomic mass is 9.83. The highest BCUT2D eigenvalue weighted by atomic mass is 16.5. The second-order valence-corrected chi connectivity index (χ2v) is 4.84. The molecule has 0 heterocycles. The first kappa shape index (κ1) is 13.8. The number of benzene rings is 1. The van der Waals surface area contributed by atoms with E-state index in [0.29, 0.717) is 18.1 Å². The Morgan fingerprint density at radius 2 is 2.37 bits per heavy atom. The van der Waals surface area contributed by atoms with Crippen molar-refractivity contribution in [1.82, 2.24) is 0 Å². The van der Waals surface area contributed by atoms with Gasteiger partial charge in [-0.05, 0) is 42.4 Å². The summed E-state index contributed by atoms with van der Waals surface area (Å²) in [4.78, 5) is 11.4. The average molecular weight is 260 g/mol. The van der Waals surface area contributed by atoms with Crippen LogP contribution in [0.15, 0.2) is 30.4 Å². The SMILES string of the molecule is CCC(=O)Oc1cccc2c1CCC(C=CCO)C2. The van der Waals surface area contributed by atoms with Gasteiger partial charge in [-0.1, -0.05) is 31.2 Å². The summed E-state index contributed by atoms with van der Waals surface area (Å²) in [5, 5.41) is 8.82. The second kappa shape index (κ2) is 6.53. The van der Waals surface area contributed by atoms with E-state index in [1.165, 1.54) is 5.56 Å². The smallest absolute Gasteiger partial charge is 0.310 e. The van der Waals surface area contributed by atoms with Crippen molar-refractivity contribution in [2.45, 2.75) is 32.6 Å². The van der Waals surface area contributed by atoms with Gasteiger partial charge in [0.1, 0.15) is 5.75 Å². The molecule has 0 spiro atoms. The van der Waals surface area contributed by atoms with Crippen molar-refractivity contribution in [2.24, 2.45) is 5.92 Å². The maximum absolute atomic E-state index is 11.4. The van der Waals surface area contributed by atoms with E-state index in [9.17, 15) is 4.79 Å². The molecule has 0 bridgehead atoms. The summed E-state index contributed by atoms with van der Waals surface area (Å²) in [5.74, 6) is 1.00. The van der Waals surface area contributed by atoms with Gasteiger partial charge in [0.05, 0.1) is 6.61 Å². The fraction of sp³-hybridized carbons (Fsp3) is 0.438. The van der Waals surface area contributed by atoms with E-state index in [1.807, 2.05) is 12.1 Å². The molecule has 1 aliphatic carbocycles. The third-order valence-corrected chi connectivity index (χ3v) is 3.50. The molecule has 0 radical (unpaired) electrons. The number of carbonyl (C=O) groups is 1. The van der Waals surface area contributed by atoms with Crippen molar-refractivity contribution in [2.75, 3.05) is 6.61 Å². The van der Waals surface area contributed by atoms with Gasteiger partial charge in [0.15, 0.2) is 0 Å². The highest BCUT2D eigenvalue weighted by Crippen LogP contribution is 2.32. The van der Waals surface area contributed by atoms with E-state index in [2.05, 4.69) is 12.1 Å². The summed E-state index contributed by atoms with van der Waals surface area (Å²) < 4.78 is 5.38. The average Bonchev–Trinajstić information content (AvgIpc) is 2.45. The van der Waals surface area contributed by atoms with E-state index in [0.717, 1.165) is 24.8 Å². The van der Waals surface area contributed by atoms with Gasteiger partial charge >= 0.3 is 5.97 Å². The van der Waals surface area contributed by atoms with Gasteiger partial charge in [-0.15, -0.1) is 0 Å². The minimum atomic E-state index is -0.185. The summed E-state index contributed by atoms with van der Waals surface area (Å²) >= 11 is 0. The molecule has 0 fully saturated rings. The van der Waals surface area contributed by atoms with Gasteiger partial charge in [-0.2, -0.15) is 0 Å². The van der Waals surface area contributed by atoms with Crippen molar-refractivity contribution < 1.29 is 14.6 Å². The first-order chi connectivity index (χ1) is 9.24. The summed E-state index contributed by atoms with van der Waals surface area (Å²) in [7, 11) is 0. The Hall–Kier alpha value is -1.61. The molecule has 1 atom stereocenters. The fourth-order valence-corrected chi connectivity index (χ4v) is 2.51. The lowest BCUT2D eigenvalue weighted by molar-refractivity contribution is -0.134. The third-order valence-electron chi connectivity index (χ3n) is 3.50. The number of esters is 1. The van der Waals surface area contributed by atoms with Crippen LogP contribution in [0.5, 0.6) is 5.75 Å². The molecule has 1 unspecified atom stereocenters. The molecule has 19 heavy (non-hydrogen) atoms. The molecule has 1 N–H and O–H groups in total. The van der Waals surface area contributed by atoms with Crippen molar-refractivity contribution in [3.63, 3.8) is 0 Å². The fourth-order valence-electron chi connectivity index (χ4n) is 2.51. The zero-order valence-electron chi connectivity index (χ0n) is 11.3. The van der Waals surface area contributed by atoms with Crippen LogP contribution in [0.1, 0.15) is 30.9 Å². The maximum atomic E-state index is 11.4. The second-order valence-electron chi connectivity index (χ2n) is 4.84. The number of allylic oxidation sites excluding steroid dienone is 1. The number of rotatable bonds is 4. The number of fused-ring (bicyclic) bond motifs is 1. The number of aliphatic hydroxyl groups excluding tert-OH is 1. The Morgan fingerprint density at radius 1 is 1.53 bits per heavy atom. The summed E-state index contributed by atoms with van der Waals surface area (Å²) in [6.45, 7) is 1.89. The van der Waals surface area contributed by atoms with Gasteiger partial charge < -0.3 is 9.84 Å². The first-order valence-electron chi connectivity index (χ1n) is 6.83. The maximum Gasteiger partial charge on any atom is 0.310 e. The molecular formula is C16H20O3. The van der Waals surface area contributed by atoms with Gasteiger partial charge in [0, 0.05) is 6.42 Å². The van der Waals surface area contributed by atoms with Gasteiger partial charge in [-0.25, -0.2) is 0 Å². The molecule has 3 heteroatoms. The number of ether oxygens (including phenoxy) is 1. The van der Waals surface area contributed by atoms with Gasteiger partial charge in [-0.3, -0.25) is 4.79 Å². The highest BCUT2D eigenvalue weighted by molar-refractivity contribution is 5.72. The summed E-state index contributed by atoms with van der Waals surface area (Å²) in [6, 6.07) is 5.91. The number of carbonyl (C=O) groups excluding carboxylic acids is 1. The molecule has 0 aromatic heterocycles. The largest absolute Gasteiger partial charge is 0.426 e. The molecular weight excluding hydrogens is 240 g/mol. The Balaban J connectivity index is 2.16. The Kier molecular flexibility index (Phi) is 4.74. The van der Waals surface area contributed by atoms with Crippen LogP contribution in [0.25, 0.3) is 0 Å². The standard InChI is InChI=1S/C16H20O3/c1-2-16(18)19-15-7-3-6-13-11-12(5-4-10-17)8-9-14(13)15/h3-7,12,17H,2,8-11H2,1H3. The minimum Gasteiger partial charge on any atom is -0.426 e. The van der Waals surface area contributed by atoms with E-state index < -0.39 is 0 Å². The Labute approximate surface area is 113 Å². The number of hydrogen-bond acceptors (Lipinski definition) is 3. The molecule has 3 nitrogen and oxygen atoms in total. The molecule has 0 amide bonds. The lowest BCUT2D eigenvalue weighted by Crippen LogP contribution is -2.15. The Morgan fingerprint density at radius 3 is 3.11 bits per heavy atom. The summed E-state index contributed by atoms with van der Waals surface area (Å²) in [6.07, 6.45) is 7.17. The first-order valence-corrected chi connectivity index (χ1v) is 6.83. The minimum absolute atomic E-state index is 0.0948. The van der Waals surface area contributed by atoms with Crippen LogP contribution in [0.2, 0.25) is 0 Å². The molecule has 2 rings (SSSR count). The van der Waals surface area contributed by atoms with E-state index >= 15 is 0 Å². The molecule has 0 aliphatic heterocycles. The molecule has 0 saturated heterocycles. The molecule has 0 saturated carbocycles. The van der Waals surface area contributed by atoms with Crippen LogP contribution >= 0.6 is 0 Å². The zero-order chi connectivity index (χ0) is 13.7. The molecule has 102 valence electrons. The normalized spacial score (nSPS) is 18.3. The Bertz CT molecular complexity index is 477. The highest BCUT2D eigenvalue weighted by Gasteiger charge is 2.20. The van der Waals surface area contributed by atoms with Crippen LogP contribution in [0.3, 0.4) is 0 Å². The molecule has 1 aromatic rings. The van der Waals surface area contributed by atoms with Crippen molar-refractivity contribution >= 4 is 5.97 Å². The van der Waals surface area contributed by atoms with E-state index in [4.69, 9.17) is 9.84 Å². The lowest BCUT2D eigenvalue weighted by Gasteiger charge is -2.24. The molecule has 1 aliphatic rings. The van der Waals surface area contributed by atoms with Crippen LogP contribution in [-0.2, 0) is 17.6 Å². The monoisotopic (exact) mass is 260 g/mol. The van der Waals surface area contributed by atoms with Gasteiger partial charge in [0.2, 0.25) is 0 Å². The van der Waals surface area contributed by atoms with Crippen molar-refractivity contribution in [3.05, 3.63) is 41.5 Å². The van der Waals surface area contributed by atoms with Gasteiger partial charge in [0.25, 0.3) is 0 Å². The quantitative estimate of drug-likeness (QED) is 0.514. The third kappa shape index (κ3) is 3.44. The summed E-state index contributed by atoms with van der Waals surface area (Å²) in [5.41, 5.74) is 2.41. The van der Waals surface area contributed by atoms with Crippen LogP contribution < -0.4 is 4.74 Å². The molecule has 1 aromatic carbocycles. The predicted octanol–water partition coefficient (Wildman–Crippen LogP) is 2.66. The number of aliphatic hydroxyl groups is 1. The number of hydrogen-bond donors (Lipinski definition) is 1. The van der Waals surface area contributed by atoms with Crippen LogP contribution in [0.4, 0.5) is 0 Å². The van der Waals surface area contributed by atoms with Crippen molar-refractivity contribution in [1.29, 1.82) is 0 Å². The predicted molar refractivity (Wildman–Crippen MR) is 74.1 cm³/mol. The van der Waals surface area contributed by atoms with E-state index in [1.54, 1.807) is 13.0 Å².